The van der Waals surface area contributed by atoms with Crippen LogP contribution in [0.3, 0.4) is 0 Å². The number of nitrogens with zero attached hydrogens (tertiary/aromatic N) is 1. The van der Waals surface area contributed by atoms with Gasteiger partial charge >= 0.3 is 5.97 Å². The first-order valence-electron chi connectivity index (χ1n) is 6.69. The third kappa shape index (κ3) is 3.48. The van der Waals surface area contributed by atoms with Crippen LogP contribution in [0.25, 0.3) is 0 Å². The predicted molar refractivity (Wildman–Crippen MR) is 76.4 cm³/mol. The number of aryl methyl sites for hydroxylation is 1. The standard InChI is InChI=1S/C15H20ClNO2/c1-10-3-4-12(8-14(10)16)9-17-6-5-13(15(18)19)7-11(17)2/h3-4,8,11,13H,5-7,9H2,1-2H3,(H,18,19). The molecule has 4 heteroatoms. The highest BCUT2D eigenvalue weighted by Gasteiger charge is 2.29. The second kappa shape index (κ2) is 5.93. The fourth-order valence-corrected chi connectivity index (χ4v) is 2.85. The molecule has 1 aromatic carbocycles. The summed E-state index contributed by atoms with van der Waals surface area (Å²) in [6.45, 7) is 5.77. The lowest BCUT2D eigenvalue weighted by Crippen LogP contribution is -2.42. The van der Waals surface area contributed by atoms with Gasteiger partial charge in [0.05, 0.1) is 5.92 Å². The first kappa shape index (κ1) is 14.4. The van der Waals surface area contributed by atoms with Gasteiger partial charge in [0.25, 0.3) is 0 Å². The largest absolute Gasteiger partial charge is 0.481 e. The maximum absolute atomic E-state index is 11.0. The van der Waals surface area contributed by atoms with Crippen molar-refractivity contribution in [1.82, 2.24) is 4.90 Å². The first-order valence-corrected chi connectivity index (χ1v) is 7.07. The molecular formula is C15H20ClNO2. The molecule has 0 aliphatic carbocycles. The number of likely N-dealkylation sites (tertiary alicyclic amines) is 1. The lowest BCUT2D eigenvalue weighted by molar-refractivity contribution is -0.144. The normalized spacial score (nSPS) is 24.4. The first-order chi connectivity index (χ1) is 8.97. The Balaban J connectivity index is 2.00. The van der Waals surface area contributed by atoms with Gasteiger partial charge in [0.1, 0.15) is 0 Å². The smallest absolute Gasteiger partial charge is 0.306 e. The highest BCUT2D eigenvalue weighted by molar-refractivity contribution is 6.31. The number of halogens is 1. The molecular weight excluding hydrogens is 262 g/mol. The molecule has 0 spiro atoms. The summed E-state index contributed by atoms with van der Waals surface area (Å²) < 4.78 is 0. The number of carboxylic acid groups (broad SMARTS) is 1. The van der Waals surface area contributed by atoms with Gasteiger partial charge in [-0.2, -0.15) is 0 Å². The van der Waals surface area contributed by atoms with Gasteiger partial charge in [-0.05, 0) is 50.4 Å². The fourth-order valence-electron chi connectivity index (χ4n) is 2.65. The summed E-state index contributed by atoms with van der Waals surface area (Å²) in [5.74, 6) is -0.849. The Labute approximate surface area is 119 Å². The molecule has 1 aliphatic rings. The average molecular weight is 282 g/mol. The summed E-state index contributed by atoms with van der Waals surface area (Å²) in [6.07, 6.45) is 1.47. The number of benzene rings is 1. The summed E-state index contributed by atoms with van der Waals surface area (Å²) in [5, 5.41) is 9.86. The van der Waals surface area contributed by atoms with Crippen molar-refractivity contribution >= 4 is 17.6 Å². The van der Waals surface area contributed by atoms with Crippen LogP contribution in [0, 0.1) is 12.8 Å². The summed E-state index contributed by atoms with van der Waals surface area (Å²) in [4.78, 5) is 13.3. The fraction of sp³-hybridized carbons (Fsp3) is 0.533. The van der Waals surface area contributed by atoms with Gasteiger partial charge in [-0.15, -0.1) is 0 Å². The number of carboxylic acids is 1. The third-order valence-electron chi connectivity index (χ3n) is 3.98. The maximum atomic E-state index is 11.0. The Morgan fingerprint density at radius 3 is 2.84 bits per heavy atom. The molecule has 0 aromatic heterocycles. The van der Waals surface area contributed by atoms with Gasteiger partial charge in [-0.25, -0.2) is 0 Å². The summed E-state index contributed by atoms with van der Waals surface area (Å²) in [5.41, 5.74) is 2.28. The van der Waals surface area contributed by atoms with Crippen LogP contribution in [0.4, 0.5) is 0 Å². The third-order valence-corrected chi connectivity index (χ3v) is 4.39. The van der Waals surface area contributed by atoms with Crippen molar-refractivity contribution in [2.24, 2.45) is 5.92 Å². The van der Waals surface area contributed by atoms with Crippen LogP contribution < -0.4 is 0 Å². The highest BCUT2D eigenvalue weighted by atomic mass is 35.5. The second-order valence-electron chi connectivity index (χ2n) is 5.46. The van der Waals surface area contributed by atoms with E-state index in [1.807, 2.05) is 19.1 Å². The van der Waals surface area contributed by atoms with E-state index in [4.69, 9.17) is 16.7 Å². The van der Waals surface area contributed by atoms with Gasteiger partial charge in [-0.3, -0.25) is 9.69 Å². The van der Waals surface area contributed by atoms with Crippen LogP contribution in [0.2, 0.25) is 5.02 Å². The van der Waals surface area contributed by atoms with Crippen LogP contribution >= 0.6 is 11.6 Å². The number of hydrogen-bond acceptors (Lipinski definition) is 2. The minimum absolute atomic E-state index is 0.187. The highest BCUT2D eigenvalue weighted by Crippen LogP contribution is 2.25. The van der Waals surface area contributed by atoms with Gasteiger partial charge in [-0.1, -0.05) is 23.7 Å². The summed E-state index contributed by atoms with van der Waals surface area (Å²) in [7, 11) is 0. The van der Waals surface area contributed by atoms with Crippen molar-refractivity contribution in [1.29, 1.82) is 0 Å². The van der Waals surface area contributed by atoms with Gasteiger partial charge < -0.3 is 5.11 Å². The molecule has 1 heterocycles. The van der Waals surface area contributed by atoms with E-state index in [9.17, 15) is 4.79 Å². The zero-order valence-corrected chi connectivity index (χ0v) is 12.2. The molecule has 0 radical (unpaired) electrons. The van der Waals surface area contributed by atoms with Gasteiger partial charge in [0, 0.05) is 17.6 Å². The zero-order chi connectivity index (χ0) is 14.0. The van der Waals surface area contributed by atoms with Crippen LogP contribution in [0.1, 0.15) is 30.9 Å². The number of aliphatic carboxylic acids is 1. The van der Waals surface area contributed by atoms with Crippen LogP contribution in [-0.2, 0) is 11.3 Å². The van der Waals surface area contributed by atoms with Crippen molar-refractivity contribution in [3.8, 4) is 0 Å². The SMILES string of the molecule is Cc1ccc(CN2CCC(C(=O)O)CC2C)cc1Cl. The van der Waals surface area contributed by atoms with E-state index >= 15 is 0 Å². The van der Waals surface area contributed by atoms with Crippen molar-refractivity contribution in [3.63, 3.8) is 0 Å². The number of rotatable bonds is 3. The predicted octanol–water partition coefficient (Wildman–Crippen LogP) is 3.33. The average Bonchev–Trinajstić information content (AvgIpc) is 2.36. The lowest BCUT2D eigenvalue weighted by atomic mass is 9.91. The molecule has 1 N–H and O–H groups in total. The summed E-state index contributed by atoms with van der Waals surface area (Å²) in [6, 6.07) is 6.44. The van der Waals surface area contributed by atoms with Crippen LogP contribution in [0.5, 0.6) is 0 Å². The molecule has 0 amide bonds. The van der Waals surface area contributed by atoms with Crippen molar-refractivity contribution in [2.75, 3.05) is 6.54 Å². The second-order valence-corrected chi connectivity index (χ2v) is 5.87. The van der Waals surface area contributed by atoms with Crippen LogP contribution in [-0.4, -0.2) is 28.6 Å². The van der Waals surface area contributed by atoms with Gasteiger partial charge in [0.2, 0.25) is 0 Å². The van der Waals surface area contributed by atoms with E-state index in [1.165, 1.54) is 5.56 Å². The van der Waals surface area contributed by atoms with E-state index in [0.717, 1.165) is 36.5 Å². The minimum atomic E-state index is -0.662. The number of piperidine rings is 1. The Bertz CT molecular complexity index is 475. The van der Waals surface area contributed by atoms with E-state index < -0.39 is 5.97 Å². The molecule has 1 aliphatic heterocycles. The Morgan fingerprint density at radius 2 is 2.26 bits per heavy atom. The quantitative estimate of drug-likeness (QED) is 0.924. The van der Waals surface area contributed by atoms with E-state index in [0.29, 0.717) is 6.04 Å². The molecule has 0 saturated carbocycles. The molecule has 2 atom stereocenters. The van der Waals surface area contributed by atoms with E-state index in [1.54, 1.807) is 0 Å². The topological polar surface area (TPSA) is 40.5 Å². The lowest BCUT2D eigenvalue weighted by Gasteiger charge is -2.36. The summed E-state index contributed by atoms with van der Waals surface area (Å²) >= 11 is 6.14. The molecule has 2 unspecified atom stereocenters. The van der Waals surface area contributed by atoms with Crippen LogP contribution in [0.15, 0.2) is 18.2 Å². The molecule has 1 fully saturated rings. The minimum Gasteiger partial charge on any atom is -0.481 e. The van der Waals surface area contributed by atoms with Crippen molar-refractivity contribution in [3.05, 3.63) is 34.3 Å². The monoisotopic (exact) mass is 281 g/mol. The molecule has 1 aromatic rings. The van der Waals surface area contributed by atoms with E-state index in [-0.39, 0.29) is 5.92 Å². The van der Waals surface area contributed by atoms with Crippen molar-refractivity contribution < 1.29 is 9.90 Å². The van der Waals surface area contributed by atoms with E-state index in [2.05, 4.69) is 17.9 Å². The van der Waals surface area contributed by atoms with Crippen molar-refractivity contribution in [2.45, 2.75) is 39.3 Å². The Hall–Kier alpha value is -1.06. The molecule has 104 valence electrons. The molecule has 1 saturated heterocycles. The maximum Gasteiger partial charge on any atom is 0.306 e. The Kier molecular flexibility index (Phi) is 4.48. The Morgan fingerprint density at radius 1 is 1.53 bits per heavy atom. The molecule has 2 rings (SSSR count). The number of carbonyl (C=O) groups is 1. The molecule has 19 heavy (non-hydrogen) atoms. The molecule has 3 nitrogen and oxygen atoms in total. The number of hydrogen-bond donors (Lipinski definition) is 1. The molecule has 0 bridgehead atoms. The zero-order valence-electron chi connectivity index (χ0n) is 11.4. The van der Waals surface area contributed by atoms with Gasteiger partial charge in [0.15, 0.2) is 0 Å².